The maximum atomic E-state index is 13.1. The standard InChI is InChI=1S/C15H13BrF2O/c1-9-3-2-4-13(15(9)16)14(19)7-10-5-11(17)8-12(18)6-10/h2-6,8,14,19H,7H2,1H3. The molecule has 0 spiro atoms. The minimum absolute atomic E-state index is 0.163. The number of aliphatic hydroxyl groups excluding tert-OH is 1. The van der Waals surface area contributed by atoms with Gasteiger partial charge in [-0.2, -0.15) is 0 Å². The molecule has 1 nitrogen and oxygen atoms in total. The van der Waals surface area contributed by atoms with Crippen molar-refractivity contribution in [2.75, 3.05) is 0 Å². The van der Waals surface area contributed by atoms with Gasteiger partial charge in [0.25, 0.3) is 0 Å². The Labute approximate surface area is 119 Å². The number of aliphatic hydroxyl groups is 1. The summed E-state index contributed by atoms with van der Waals surface area (Å²) < 4.78 is 27.0. The highest BCUT2D eigenvalue weighted by atomic mass is 79.9. The van der Waals surface area contributed by atoms with Gasteiger partial charge in [0.05, 0.1) is 6.10 Å². The van der Waals surface area contributed by atoms with Gasteiger partial charge in [-0.25, -0.2) is 8.78 Å². The summed E-state index contributed by atoms with van der Waals surface area (Å²) in [4.78, 5) is 0. The Balaban J connectivity index is 2.25. The monoisotopic (exact) mass is 326 g/mol. The molecular formula is C15H13BrF2O. The summed E-state index contributed by atoms with van der Waals surface area (Å²) in [6.07, 6.45) is -0.646. The summed E-state index contributed by atoms with van der Waals surface area (Å²) in [6, 6.07) is 8.83. The molecule has 1 unspecified atom stereocenters. The Hall–Kier alpha value is -1.26. The highest BCUT2D eigenvalue weighted by Gasteiger charge is 2.14. The first-order valence-corrected chi connectivity index (χ1v) is 6.64. The number of rotatable bonds is 3. The normalized spacial score (nSPS) is 12.5. The van der Waals surface area contributed by atoms with E-state index in [1.54, 1.807) is 6.07 Å². The first-order chi connectivity index (χ1) is 8.97. The van der Waals surface area contributed by atoms with Crippen LogP contribution in [0, 0.1) is 18.6 Å². The van der Waals surface area contributed by atoms with Crippen LogP contribution in [0.4, 0.5) is 8.78 Å². The number of benzene rings is 2. The van der Waals surface area contributed by atoms with Crippen molar-refractivity contribution in [3.05, 3.63) is 69.2 Å². The molecule has 0 radical (unpaired) electrons. The van der Waals surface area contributed by atoms with Gasteiger partial charge in [0, 0.05) is 17.0 Å². The molecule has 2 aromatic rings. The number of hydrogen-bond acceptors (Lipinski definition) is 1. The van der Waals surface area contributed by atoms with Gasteiger partial charge in [-0.15, -0.1) is 0 Å². The van der Waals surface area contributed by atoms with E-state index < -0.39 is 17.7 Å². The molecule has 0 bridgehead atoms. The van der Waals surface area contributed by atoms with Crippen LogP contribution >= 0.6 is 15.9 Å². The quantitative estimate of drug-likeness (QED) is 0.891. The van der Waals surface area contributed by atoms with Crippen LogP contribution in [-0.4, -0.2) is 5.11 Å². The third kappa shape index (κ3) is 3.39. The van der Waals surface area contributed by atoms with Crippen LogP contribution < -0.4 is 0 Å². The topological polar surface area (TPSA) is 20.2 Å². The minimum Gasteiger partial charge on any atom is -0.388 e. The van der Waals surface area contributed by atoms with Crippen LogP contribution in [-0.2, 0) is 6.42 Å². The fraction of sp³-hybridized carbons (Fsp3) is 0.200. The lowest BCUT2D eigenvalue weighted by Crippen LogP contribution is -2.04. The molecule has 0 amide bonds. The average Bonchev–Trinajstić information content (AvgIpc) is 2.31. The Morgan fingerprint density at radius 3 is 2.42 bits per heavy atom. The molecule has 4 heteroatoms. The average molecular weight is 327 g/mol. The van der Waals surface area contributed by atoms with E-state index in [9.17, 15) is 13.9 Å². The van der Waals surface area contributed by atoms with Crippen LogP contribution in [0.3, 0.4) is 0 Å². The second-order valence-electron chi connectivity index (χ2n) is 4.48. The van der Waals surface area contributed by atoms with Crippen molar-refractivity contribution in [2.24, 2.45) is 0 Å². The Bertz CT molecular complexity index is 578. The Kier molecular flexibility index (Phi) is 4.32. The maximum Gasteiger partial charge on any atom is 0.126 e. The lowest BCUT2D eigenvalue weighted by Gasteiger charge is -2.14. The van der Waals surface area contributed by atoms with Gasteiger partial charge < -0.3 is 5.11 Å². The summed E-state index contributed by atoms with van der Waals surface area (Å²) in [5, 5.41) is 10.2. The van der Waals surface area contributed by atoms with Crippen LogP contribution in [0.1, 0.15) is 22.8 Å². The fourth-order valence-corrected chi connectivity index (χ4v) is 2.52. The van der Waals surface area contributed by atoms with Crippen LogP contribution in [0.5, 0.6) is 0 Å². The highest BCUT2D eigenvalue weighted by molar-refractivity contribution is 9.10. The van der Waals surface area contributed by atoms with Gasteiger partial charge in [0.1, 0.15) is 11.6 Å². The zero-order valence-electron chi connectivity index (χ0n) is 10.3. The third-order valence-corrected chi connectivity index (χ3v) is 4.02. The van der Waals surface area contributed by atoms with Crippen molar-refractivity contribution in [2.45, 2.75) is 19.4 Å². The summed E-state index contributed by atoms with van der Waals surface area (Å²) >= 11 is 3.41. The first-order valence-electron chi connectivity index (χ1n) is 5.85. The van der Waals surface area contributed by atoms with E-state index in [0.717, 1.165) is 16.1 Å². The maximum absolute atomic E-state index is 13.1. The highest BCUT2D eigenvalue weighted by Crippen LogP contribution is 2.28. The number of aryl methyl sites for hydroxylation is 1. The Morgan fingerprint density at radius 1 is 1.16 bits per heavy atom. The molecule has 0 aliphatic carbocycles. The molecule has 1 atom stereocenters. The SMILES string of the molecule is Cc1cccc(C(O)Cc2cc(F)cc(F)c2)c1Br. The van der Waals surface area contributed by atoms with E-state index in [-0.39, 0.29) is 6.42 Å². The second-order valence-corrected chi connectivity index (χ2v) is 5.27. The van der Waals surface area contributed by atoms with Crippen LogP contribution in [0.25, 0.3) is 0 Å². The smallest absolute Gasteiger partial charge is 0.126 e. The van der Waals surface area contributed by atoms with Gasteiger partial charge in [-0.05, 0) is 35.7 Å². The molecule has 2 rings (SSSR count). The molecule has 2 aromatic carbocycles. The summed E-state index contributed by atoms with van der Waals surface area (Å²) in [5.74, 6) is -1.27. The molecule has 0 saturated heterocycles. The summed E-state index contributed by atoms with van der Waals surface area (Å²) in [6.45, 7) is 1.92. The van der Waals surface area contributed by atoms with Crippen molar-refractivity contribution in [3.8, 4) is 0 Å². The van der Waals surface area contributed by atoms with Crippen LogP contribution in [0.15, 0.2) is 40.9 Å². The number of hydrogen-bond donors (Lipinski definition) is 1. The van der Waals surface area contributed by atoms with Crippen molar-refractivity contribution < 1.29 is 13.9 Å². The van der Waals surface area contributed by atoms with Gasteiger partial charge in [-0.3, -0.25) is 0 Å². The predicted molar refractivity (Wildman–Crippen MR) is 73.9 cm³/mol. The fourth-order valence-electron chi connectivity index (χ4n) is 1.99. The van der Waals surface area contributed by atoms with Gasteiger partial charge in [0.2, 0.25) is 0 Å². The van der Waals surface area contributed by atoms with Gasteiger partial charge in [0.15, 0.2) is 0 Å². The molecular weight excluding hydrogens is 314 g/mol. The molecule has 0 fully saturated rings. The van der Waals surface area contributed by atoms with Crippen molar-refractivity contribution in [1.82, 2.24) is 0 Å². The predicted octanol–water partition coefficient (Wildman–Crippen LogP) is 4.31. The zero-order valence-corrected chi connectivity index (χ0v) is 11.9. The molecule has 1 N–H and O–H groups in total. The molecule has 0 heterocycles. The molecule has 19 heavy (non-hydrogen) atoms. The van der Waals surface area contributed by atoms with E-state index >= 15 is 0 Å². The first kappa shape index (κ1) is 14.2. The van der Waals surface area contributed by atoms with Crippen molar-refractivity contribution in [1.29, 1.82) is 0 Å². The second kappa shape index (κ2) is 5.80. The van der Waals surface area contributed by atoms with E-state index in [0.29, 0.717) is 11.1 Å². The van der Waals surface area contributed by atoms with E-state index in [1.807, 2.05) is 19.1 Å². The van der Waals surface area contributed by atoms with E-state index in [2.05, 4.69) is 15.9 Å². The van der Waals surface area contributed by atoms with Crippen LogP contribution in [0.2, 0.25) is 0 Å². The largest absolute Gasteiger partial charge is 0.388 e. The number of halogens is 3. The minimum atomic E-state index is -0.810. The molecule has 0 saturated carbocycles. The van der Waals surface area contributed by atoms with Crippen molar-refractivity contribution >= 4 is 15.9 Å². The lowest BCUT2D eigenvalue weighted by atomic mass is 10.00. The molecule has 0 aromatic heterocycles. The van der Waals surface area contributed by atoms with E-state index in [1.165, 1.54) is 12.1 Å². The summed E-state index contributed by atoms with van der Waals surface area (Å²) in [7, 11) is 0. The molecule has 0 aliphatic heterocycles. The zero-order chi connectivity index (χ0) is 14.0. The lowest BCUT2D eigenvalue weighted by molar-refractivity contribution is 0.177. The molecule has 100 valence electrons. The van der Waals surface area contributed by atoms with Gasteiger partial charge >= 0.3 is 0 Å². The molecule has 0 aliphatic rings. The third-order valence-electron chi connectivity index (χ3n) is 2.93. The summed E-state index contributed by atoms with van der Waals surface area (Å²) in [5.41, 5.74) is 2.14. The Morgan fingerprint density at radius 2 is 1.79 bits per heavy atom. The van der Waals surface area contributed by atoms with Gasteiger partial charge in [-0.1, -0.05) is 34.1 Å². The van der Waals surface area contributed by atoms with E-state index in [4.69, 9.17) is 0 Å². The van der Waals surface area contributed by atoms with Crippen molar-refractivity contribution in [3.63, 3.8) is 0 Å².